The number of anilines is 1. The quantitative estimate of drug-likeness (QED) is 0.745. The lowest BCUT2D eigenvalue weighted by atomic mass is 10.1. The summed E-state index contributed by atoms with van der Waals surface area (Å²) in [5.74, 6) is -0.526. The van der Waals surface area contributed by atoms with Gasteiger partial charge in [-0.05, 0) is 36.2 Å². The number of fused-ring (bicyclic) bond motifs is 1. The Bertz CT molecular complexity index is 807. The van der Waals surface area contributed by atoms with E-state index < -0.39 is 0 Å². The second kappa shape index (κ2) is 5.40. The third-order valence-electron chi connectivity index (χ3n) is 3.53. The summed E-state index contributed by atoms with van der Waals surface area (Å²) >= 11 is 0. The topological polar surface area (TPSA) is 44.9 Å². The molecule has 0 radical (unpaired) electrons. The minimum Gasteiger partial charge on any atom is -0.360 e. The van der Waals surface area contributed by atoms with Gasteiger partial charge in [-0.25, -0.2) is 4.39 Å². The Balaban J connectivity index is 1.94. The molecule has 1 heterocycles. The number of carbonyl (C=O) groups excluding carboxylic acids is 1. The molecule has 0 atom stereocenters. The number of aromatic nitrogens is 1. The monoisotopic (exact) mass is 282 g/mol. The number of aromatic amines is 1. The number of hydrogen-bond acceptors (Lipinski definition) is 1. The van der Waals surface area contributed by atoms with Crippen LogP contribution in [0.3, 0.4) is 0 Å². The maximum absolute atomic E-state index is 13.2. The van der Waals surface area contributed by atoms with Crippen molar-refractivity contribution in [1.29, 1.82) is 0 Å². The second-order valence-electron chi connectivity index (χ2n) is 4.86. The van der Waals surface area contributed by atoms with Crippen molar-refractivity contribution < 1.29 is 9.18 Å². The number of hydrogen-bond donors (Lipinski definition) is 2. The number of nitrogens with one attached hydrogen (secondary N) is 2. The minimum absolute atomic E-state index is 0.200. The first-order chi connectivity index (χ1) is 10.2. The van der Waals surface area contributed by atoms with Crippen LogP contribution in [-0.2, 0) is 6.42 Å². The van der Waals surface area contributed by atoms with Gasteiger partial charge in [0.1, 0.15) is 5.82 Å². The standard InChI is InChI=1S/C17H15FN2O/c1-2-11-5-3-4-6-15(11)20-17(21)14-10-19-16-9-12(18)7-8-13(14)16/h3-10,19H,2H2,1H3,(H,20,21). The molecule has 0 aliphatic rings. The van der Waals surface area contributed by atoms with Crippen molar-refractivity contribution in [3.05, 3.63) is 65.6 Å². The van der Waals surface area contributed by atoms with Crippen molar-refractivity contribution in [2.75, 3.05) is 5.32 Å². The second-order valence-corrected chi connectivity index (χ2v) is 4.86. The van der Waals surface area contributed by atoms with Crippen molar-refractivity contribution in [3.8, 4) is 0 Å². The predicted octanol–water partition coefficient (Wildman–Crippen LogP) is 4.12. The molecule has 3 rings (SSSR count). The summed E-state index contributed by atoms with van der Waals surface area (Å²) in [7, 11) is 0. The summed E-state index contributed by atoms with van der Waals surface area (Å²) in [6, 6.07) is 12.1. The van der Waals surface area contributed by atoms with Crippen molar-refractivity contribution in [1.82, 2.24) is 4.98 Å². The number of halogens is 1. The average Bonchev–Trinajstić information content (AvgIpc) is 2.90. The molecule has 3 aromatic rings. The van der Waals surface area contributed by atoms with Crippen LogP contribution >= 0.6 is 0 Å². The maximum Gasteiger partial charge on any atom is 0.257 e. The van der Waals surface area contributed by atoms with Crippen LogP contribution in [0.5, 0.6) is 0 Å². The van der Waals surface area contributed by atoms with E-state index in [1.807, 2.05) is 31.2 Å². The van der Waals surface area contributed by atoms with E-state index in [9.17, 15) is 9.18 Å². The van der Waals surface area contributed by atoms with Gasteiger partial charge in [0.15, 0.2) is 0 Å². The van der Waals surface area contributed by atoms with Crippen LogP contribution in [0.4, 0.5) is 10.1 Å². The first-order valence-corrected chi connectivity index (χ1v) is 6.85. The molecule has 3 nitrogen and oxygen atoms in total. The highest BCUT2D eigenvalue weighted by molar-refractivity contribution is 6.13. The molecule has 21 heavy (non-hydrogen) atoms. The van der Waals surface area contributed by atoms with Gasteiger partial charge in [0, 0.05) is 22.8 Å². The summed E-state index contributed by atoms with van der Waals surface area (Å²) < 4.78 is 13.2. The summed E-state index contributed by atoms with van der Waals surface area (Å²) in [5, 5.41) is 3.63. The lowest BCUT2D eigenvalue weighted by Crippen LogP contribution is -2.12. The van der Waals surface area contributed by atoms with E-state index in [1.165, 1.54) is 12.1 Å². The van der Waals surface area contributed by atoms with Crippen LogP contribution in [0.25, 0.3) is 10.9 Å². The zero-order chi connectivity index (χ0) is 14.8. The van der Waals surface area contributed by atoms with E-state index in [1.54, 1.807) is 12.3 Å². The fourth-order valence-electron chi connectivity index (χ4n) is 2.43. The van der Waals surface area contributed by atoms with E-state index in [4.69, 9.17) is 0 Å². The highest BCUT2D eigenvalue weighted by Crippen LogP contribution is 2.22. The molecule has 0 aliphatic carbocycles. The predicted molar refractivity (Wildman–Crippen MR) is 82.0 cm³/mol. The van der Waals surface area contributed by atoms with Gasteiger partial charge in [-0.3, -0.25) is 4.79 Å². The van der Waals surface area contributed by atoms with Crippen molar-refractivity contribution in [2.45, 2.75) is 13.3 Å². The molecule has 0 fully saturated rings. The fourth-order valence-corrected chi connectivity index (χ4v) is 2.43. The number of carbonyl (C=O) groups is 1. The molecule has 0 spiro atoms. The molecule has 106 valence electrons. The minimum atomic E-state index is -0.326. The Morgan fingerprint density at radius 1 is 1.24 bits per heavy atom. The van der Waals surface area contributed by atoms with Gasteiger partial charge in [0.25, 0.3) is 5.91 Å². The SMILES string of the molecule is CCc1ccccc1NC(=O)c1c[nH]c2cc(F)ccc12. The van der Waals surface area contributed by atoms with Crippen LogP contribution < -0.4 is 5.32 Å². The normalized spacial score (nSPS) is 10.8. The summed E-state index contributed by atoms with van der Waals surface area (Å²) in [5.41, 5.74) is 3.01. The smallest absolute Gasteiger partial charge is 0.257 e. The zero-order valence-corrected chi connectivity index (χ0v) is 11.6. The molecule has 0 saturated heterocycles. The summed E-state index contributed by atoms with van der Waals surface area (Å²) in [6.07, 6.45) is 2.45. The van der Waals surface area contributed by atoms with E-state index >= 15 is 0 Å². The highest BCUT2D eigenvalue weighted by Gasteiger charge is 2.13. The van der Waals surface area contributed by atoms with Crippen LogP contribution in [0.1, 0.15) is 22.8 Å². The number of H-pyrrole nitrogens is 1. The van der Waals surface area contributed by atoms with Gasteiger partial charge < -0.3 is 10.3 Å². The van der Waals surface area contributed by atoms with Crippen molar-refractivity contribution in [2.24, 2.45) is 0 Å². The number of aryl methyl sites for hydroxylation is 1. The molecule has 1 amide bonds. The van der Waals surface area contributed by atoms with Crippen LogP contribution in [0.2, 0.25) is 0 Å². The Kier molecular flexibility index (Phi) is 3.44. The third-order valence-corrected chi connectivity index (χ3v) is 3.53. The van der Waals surface area contributed by atoms with Gasteiger partial charge in [-0.15, -0.1) is 0 Å². The lowest BCUT2D eigenvalue weighted by molar-refractivity contribution is 0.102. The Hall–Kier alpha value is -2.62. The lowest BCUT2D eigenvalue weighted by Gasteiger charge is -2.09. The Morgan fingerprint density at radius 2 is 2.05 bits per heavy atom. The van der Waals surface area contributed by atoms with E-state index in [2.05, 4.69) is 10.3 Å². The highest BCUT2D eigenvalue weighted by atomic mass is 19.1. The first kappa shape index (κ1) is 13.4. The molecule has 0 unspecified atom stereocenters. The molecule has 0 saturated carbocycles. The summed E-state index contributed by atoms with van der Waals surface area (Å²) in [6.45, 7) is 2.04. The van der Waals surface area contributed by atoms with E-state index in [0.717, 1.165) is 17.7 Å². The largest absolute Gasteiger partial charge is 0.360 e. The fraction of sp³-hybridized carbons (Fsp3) is 0.118. The van der Waals surface area contributed by atoms with Crippen LogP contribution in [0.15, 0.2) is 48.7 Å². The number of para-hydroxylation sites is 1. The number of benzene rings is 2. The molecule has 2 aromatic carbocycles. The third kappa shape index (κ3) is 2.52. The molecular formula is C17H15FN2O. The molecule has 4 heteroatoms. The number of amides is 1. The van der Waals surface area contributed by atoms with Gasteiger partial charge in [0.2, 0.25) is 0 Å². The first-order valence-electron chi connectivity index (χ1n) is 6.85. The molecular weight excluding hydrogens is 267 g/mol. The van der Waals surface area contributed by atoms with E-state index in [0.29, 0.717) is 16.5 Å². The molecule has 0 aliphatic heterocycles. The molecule has 0 bridgehead atoms. The van der Waals surface area contributed by atoms with Gasteiger partial charge in [-0.1, -0.05) is 25.1 Å². The molecule has 2 N–H and O–H groups in total. The average molecular weight is 282 g/mol. The number of rotatable bonds is 3. The summed E-state index contributed by atoms with van der Waals surface area (Å²) in [4.78, 5) is 15.3. The molecule has 1 aromatic heterocycles. The Labute approximate surface area is 121 Å². The van der Waals surface area contributed by atoms with Gasteiger partial charge >= 0.3 is 0 Å². The van der Waals surface area contributed by atoms with Crippen LogP contribution in [0, 0.1) is 5.82 Å². The van der Waals surface area contributed by atoms with Gasteiger partial charge in [-0.2, -0.15) is 0 Å². The Morgan fingerprint density at radius 3 is 2.86 bits per heavy atom. The van der Waals surface area contributed by atoms with Gasteiger partial charge in [0.05, 0.1) is 5.56 Å². The van der Waals surface area contributed by atoms with Crippen molar-refractivity contribution >= 4 is 22.5 Å². The van der Waals surface area contributed by atoms with E-state index in [-0.39, 0.29) is 11.7 Å². The zero-order valence-electron chi connectivity index (χ0n) is 11.6. The maximum atomic E-state index is 13.2. The van der Waals surface area contributed by atoms with Crippen molar-refractivity contribution in [3.63, 3.8) is 0 Å². The van der Waals surface area contributed by atoms with Crippen LogP contribution in [-0.4, -0.2) is 10.9 Å².